The highest BCUT2D eigenvalue weighted by molar-refractivity contribution is 9.10. The number of carbonyl (C=O) groups excluding carboxylic acids is 1. The van der Waals surface area contributed by atoms with Gasteiger partial charge in [0.1, 0.15) is 29.7 Å². The number of benzene rings is 3. The van der Waals surface area contributed by atoms with E-state index in [0.29, 0.717) is 35.0 Å². The molecule has 0 spiro atoms. The second-order valence-corrected chi connectivity index (χ2v) is 8.44. The predicted octanol–water partition coefficient (Wildman–Crippen LogP) is 5.96. The lowest BCUT2D eigenvalue weighted by Gasteiger charge is -2.20. The molecule has 0 aromatic heterocycles. The van der Waals surface area contributed by atoms with Gasteiger partial charge >= 0.3 is 0 Å². The first kappa shape index (κ1) is 20.7. The summed E-state index contributed by atoms with van der Waals surface area (Å²) in [4.78, 5) is 13.0. The maximum absolute atomic E-state index is 13.9. The minimum absolute atomic E-state index is 0.0745. The molecule has 0 aliphatic carbocycles. The number of halogens is 2. The molecule has 32 heavy (non-hydrogen) atoms. The molecule has 0 radical (unpaired) electrons. The van der Waals surface area contributed by atoms with E-state index in [0.717, 1.165) is 21.2 Å². The van der Waals surface area contributed by atoms with Crippen molar-refractivity contribution in [3.8, 4) is 17.2 Å². The molecule has 162 valence electrons. The van der Waals surface area contributed by atoms with Gasteiger partial charge in [-0.2, -0.15) is 0 Å². The third-order valence-corrected chi connectivity index (χ3v) is 5.74. The molecule has 0 bridgehead atoms. The van der Waals surface area contributed by atoms with E-state index in [1.807, 2.05) is 19.1 Å². The second-order valence-electron chi connectivity index (χ2n) is 7.53. The Bertz CT molecular complexity index is 1270. The van der Waals surface area contributed by atoms with E-state index >= 15 is 0 Å². The number of fused-ring (bicyclic) bond motifs is 2. The smallest absolute Gasteiger partial charge is 0.232 e. The van der Waals surface area contributed by atoms with Crippen LogP contribution in [0.2, 0.25) is 0 Å². The van der Waals surface area contributed by atoms with Gasteiger partial charge in [-0.25, -0.2) is 4.39 Å². The number of hydrogen-bond donors (Lipinski definition) is 0. The van der Waals surface area contributed by atoms with Crippen molar-refractivity contribution < 1.29 is 28.1 Å². The summed E-state index contributed by atoms with van der Waals surface area (Å²) in [6, 6.07) is 13.6. The standard InChI is InChI=1S/C25H18BrFO5/c1-14-6-19(30-12-15-4-2-3-5-20(15)27)10-21-23(14)24(28)22(32-21)9-16-7-18(26)8-17-11-29-13-31-25(16)17/h2-10H,11-13H2,1H3/b22-9-. The quantitative estimate of drug-likeness (QED) is 0.417. The third kappa shape index (κ3) is 3.89. The molecule has 7 heteroatoms. The minimum atomic E-state index is -0.327. The molecule has 2 heterocycles. The lowest BCUT2D eigenvalue weighted by molar-refractivity contribution is -0.0165. The highest BCUT2D eigenvalue weighted by Crippen LogP contribution is 2.39. The van der Waals surface area contributed by atoms with Crippen molar-refractivity contribution in [2.75, 3.05) is 6.79 Å². The van der Waals surface area contributed by atoms with Gasteiger partial charge in [-0.3, -0.25) is 4.79 Å². The van der Waals surface area contributed by atoms with Crippen molar-refractivity contribution in [3.63, 3.8) is 0 Å². The van der Waals surface area contributed by atoms with Gasteiger partial charge in [-0.15, -0.1) is 0 Å². The largest absolute Gasteiger partial charge is 0.489 e. The summed E-state index contributed by atoms with van der Waals surface area (Å²) < 4.78 is 37.4. The Morgan fingerprint density at radius 1 is 1.19 bits per heavy atom. The van der Waals surface area contributed by atoms with Crippen molar-refractivity contribution in [2.45, 2.75) is 20.1 Å². The average molecular weight is 497 g/mol. The van der Waals surface area contributed by atoms with Crippen LogP contribution < -0.4 is 14.2 Å². The fraction of sp³-hybridized carbons (Fsp3) is 0.160. The molecule has 0 atom stereocenters. The minimum Gasteiger partial charge on any atom is -0.489 e. The summed E-state index contributed by atoms with van der Waals surface area (Å²) in [7, 11) is 0. The van der Waals surface area contributed by atoms with Gasteiger partial charge in [0.15, 0.2) is 12.6 Å². The number of allylic oxidation sites excluding steroid dienone is 1. The van der Waals surface area contributed by atoms with Gasteiger partial charge in [0.05, 0.1) is 12.2 Å². The topological polar surface area (TPSA) is 54.0 Å². The molecular formula is C25H18BrFO5. The monoisotopic (exact) mass is 496 g/mol. The van der Waals surface area contributed by atoms with Crippen molar-refractivity contribution in [1.29, 1.82) is 0 Å². The first-order chi connectivity index (χ1) is 15.5. The summed E-state index contributed by atoms with van der Waals surface area (Å²) in [6.45, 7) is 2.48. The summed E-state index contributed by atoms with van der Waals surface area (Å²) in [5.41, 5.74) is 3.28. The molecule has 0 unspecified atom stereocenters. The number of aryl methyl sites for hydroxylation is 1. The van der Waals surface area contributed by atoms with Crippen LogP contribution in [0.15, 0.2) is 58.8 Å². The van der Waals surface area contributed by atoms with Crippen LogP contribution in [0.5, 0.6) is 17.2 Å². The Kier molecular flexibility index (Phi) is 5.45. The summed E-state index contributed by atoms with van der Waals surface area (Å²) in [5.74, 6) is 1.25. The average Bonchev–Trinajstić information content (AvgIpc) is 3.08. The Morgan fingerprint density at radius 2 is 2.03 bits per heavy atom. The first-order valence-corrected chi connectivity index (χ1v) is 10.8. The number of carbonyl (C=O) groups is 1. The van der Waals surface area contributed by atoms with Crippen molar-refractivity contribution in [3.05, 3.63) is 92.4 Å². The van der Waals surface area contributed by atoms with Gasteiger partial charge in [0.25, 0.3) is 0 Å². The molecule has 0 saturated carbocycles. The Hall–Kier alpha value is -3.16. The molecular weight excluding hydrogens is 479 g/mol. The predicted molar refractivity (Wildman–Crippen MR) is 119 cm³/mol. The van der Waals surface area contributed by atoms with Crippen LogP contribution in [0.3, 0.4) is 0 Å². The van der Waals surface area contributed by atoms with Gasteiger partial charge in [0.2, 0.25) is 5.78 Å². The van der Waals surface area contributed by atoms with Gasteiger partial charge in [-0.05, 0) is 42.8 Å². The van der Waals surface area contributed by atoms with Crippen LogP contribution in [-0.2, 0) is 18.0 Å². The summed E-state index contributed by atoms with van der Waals surface area (Å²) in [5, 5.41) is 0. The zero-order valence-electron chi connectivity index (χ0n) is 17.1. The highest BCUT2D eigenvalue weighted by atomic mass is 79.9. The molecule has 0 N–H and O–H groups in total. The number of Topliss-reactive ketones (excluding diaryl/α,β-unsaturated/α-hetero) is 1. The molecule has 5 nitrogen and oxygen atoms in total. The van der Waals surface area contributed by atoms with Crippen LogP contribution in [0, 0.1) is 12.7 Å². The van der Waals surface area contributed by atoms with E-state index in [2.05, 4.69) is 15.9 Å². The second kappa shape index (κ2) is 8.41. The number of ketones is 1. The zero-order chi connectivity index (χ0) is 22.2. The van der Waals surface area contributed by atoms with E-state index in [9.17, 15) is 9.18 Å². The Balaban J connectivity index is 1.43. The molecule has 0 saturated heterocycles. The zero-order valence-corrected chi connectivity index (χ0v) is 18.7. The van der Waals surface area contributed by atoms with Crippen LogP contribution in [0.1, 0.15) is 32.6 Å². The molecule has 2 aliphatic rings. The van der Waals surface area contributed by atoms with Crippen LogP contribution >= 0.6 is 15.9 Å². The SMILES string of the molecule is Cc1cc(OCc2ccccc2F)cc2c1C(=O)/C(=C/c1cc(Br)cc3c1OCOC3)O2. The molecule has 5 rings (SSSR count). The molecule has 3 aromatic carbocycles. The highest BCUT2D eigenvalue weighted by Gasteiger charge is 2.31. The van der Waals surface area contributed by atoms with Crippen LogP contribution in [0.4, 0.5) is 4.39 Å². The molecule has 2 aliphatic heterocycles. The Morgan fingerprint density at radius 3 is 2.88 bits per heavy atom. The van der Waals surface area contributed by atoms with Crippen LogP contribution in [-0.4, -0.2) is 12.6 Å². The fourth-order valence-electron chi connectivity index (χ4n) is 3.79. The third-order valence-electron chi connectivity index (χ3n) is 5.29. The van der Waals surface area contributed by atoms with E-state index in [-0.39, 0.29) is 30.8 Å². The van der Waals surface area contributed by atoms with Gasteiger partial charge < -0.3 is 18.9 Å². The maximum Gasteiger partial charge on any atom is 0.232 e. The van der Waals surface area contributed by atoms with Gasteiger partial charge in [-0.1, -0.05) is 34.1 Å². The van der Waals surface area contributed by atoms with E-state index < -0.39 is 0 Å². The lowest BCUT2D eigenvalue weighted by atomic mass is 10.0. The van der Waals surface area contributed by atoms with E-state index in [1.165, 1.54) is 6.07 Å². The molecule has 0 fully saturated rings. The first-order valence-electron chi connectivity index (χ1n) is 9.97. The lowest BCUT2D eigenvalue weighted by Crippen LogP contribution is -2.12. The van der Waals surface area contributed by atoms with E-state index in [1.54, 1.807) is 36.4 Å². The molecule has 0 amide bonds. The van der Waals surface area contributed by atoms with Crippen molar-refractivity contribution >= 4 is 27.8 Å². The normalized spacial score (nSPS) is 15.7. The Labute approximate surface area is 192 Å². The van der Waals surface area contributed by atoms with Gasteiger partial charge in [0, 0.05) is 27.2 Å². The molecule has 3 aromatic rings. The van der Waals surface area contributed by atoms with Crippen LogP contribution in [0.25, 0.3) is 6.08 Å². The number of ether oxygens (including phenoxy) is 4. The van der Waals surface area contributed by atoms with Crippen molar-refractivity contribution in [1.82, 2.24) is 0 Å². The fourth-order valence-corrected chi connectivity index (χ4v) is 4.32. The summed E-state index contributed by atoms with van der Waals surface area (Å²) in [6.07, 6.45) is 1.68. The summed E-state index contributed by atoms with van der Waals surface area (Å²) >= 11 is 3.49. The van der Waals surface area contributed by atoms with Crippen molar-refractivity contribution in [2.24, 2.45) is 0 Å². The maximum atomic E-state index is 13.9. The number of hydrogen-bond acceptors (Lipinski definition) is 5. The van der Waals surface area contributed by atoms with E-state index in [4.69, 9.17) is 18.9 Å². The number of rotatable bonds is 4.